The van der Waals surface area contributed by atoms with Crippen molar-refractivity contribution in [2.45, 2.75) is 38.6 Å². The predicted octanol–water partition coefficient (Wildman–Crippen LogP) is 2.01. The minimum absolute atomic E-state index is 0.0379. The summed E-state index contributed by atoms with van der Waals surface area (Å²) in [7, 11) is 1.62. The van der Waals surface area contributed by atoms with Gasteiger partial charge >= 0.3 is 6.18 Å². The average Bonchev–Trinajstić information content (AvgIpc) is 2.41. The number of anilines is 2. The van der Waals surface area contributed by atoms with Crippen LogP contribution in [0.2, 0.25) is 0 Å². The molecule has 1 aliphatic rings. The van der Waals surface area contributed by atoms with Gasteiger partial charge in [-0.25, -0.2) is 10.8 Å². The van der Waals surface area contributed by atoms with Gasteiger partial charge in [-0.3, -0.25) is 5.43 Å². The van der Waals surface area contributed by atoms with Crippen molar-refractivity contribution in [2.24, 2.45) is 11.3 Å². The number of nitrogens with zero attached hydrogens (tertiary/aromatic N) is 2. The Morgan fingerprint density at radius 2 is 2.05 bits per heavy atom. The number of methoxy groups -OCH3 is 1. The number of rotatable bonds is 4. The zero-order chi connectivity index (χ0) is 15.8. The van der Waals surface area contributed by atoms with Crippen LogP contribution in [0, 0.1) is 5.41 Å². The molecule has 0 aromatic carbocycles. The summed E-state index contributed by atoms with van der Waals surface area (Å²) in [6.07, 6.45) is -3.80. The Bertz CT molecular complexity index is 520. The normalized spacial score (nSPS) is 24.3. The van der Waals surface area contributed by atoms with Crippen LogP contribution >= 0.6 is 0 Å². The van der Waals surface area contributed by atoms with Gasteiger partial charge < -0.3 is 10.1 Å². The summed E-state index contributed by atoms with van der Waals surface area (Å²) in [5, 5.41) is 2.99. The fourth-order valence-corrected chi connectivity index (χ4v) is 2.44. The summed E-state index contributed by atoms with van der Waals surface area (Å²) in [5.74, 6) is 4.91. The molecular weight excluding hydrogens is 287 g/mol. The van der Waals surface area contributed by atoms with Crippen LogP contribution in [-0.4, -0.2) is 29.2 Å². The Morgan fingerprint density at radius 1 is 1.38 bits per heavy atom. The number of aromatic nitrogens is 2. The van der Waals surface area contributed by atoms with Crippen molar-refractivity contribution < 1.29 is 17.9 Å². The van der Waals surface area contributed by atoms with E-state index in [0.29, 0.717) is 6.42 Å². The predicted molar refractivity (Wildman–Crippen MR) is 71.4 cm³/mol. The molecule has 0 radical (unpaired) electrons. The molecule has 0 bridgehead atoms. The third-order valence-electron chi connectivity index (χ3n) is 3.93. The molecule has 21 heavy (non-hydrogen) atoms. The number of hydrogen-bond donors (Lipinski definition) is 3. The Balaban J connectivity index is 2.21. The molecule has 2 atom stereocenters. The molecule has 6 nitrogen and oxygen atoms in total. The second-order valence-electron chi connectivity index (χ2n) is 5.58. The Kier molecular flexibility index (Phi) is 3.98. The molecule has 0 amide bonds. The Labute approximate surface area is 120 Å². The van der Waals surface area contributed by atoms with Gasteiger partial charge in [-0.2, -0.15) is 18.2 Å². The van der Waals surface area contributed by atoms with E-state index in [-0.39, 0.29) is 29.3 Å². The molecule has 118 valence electrons. The van der Waals surface area contributed by atoms with Crippen molar-refractivity contribution in [3.63, 3.8) is 0 Å². The molecule has 1 aliphatic carbocycles. The van der Waals surface area contributed by atoms with Gasteiger partial charge in [-0.05, 0) is 6.42 Å². The van der Waals surface area contributed by atoms with Gasteiger partial charge in [0.2, 0.25) is 5.95 Å². The van der Waals surface area contributed by atoms with Gasteiger partial charge in [0.25, 0.3) is 0 Å². The van der Waals surface area contributed by atoms with Crippen molar-refractivity contribution in [1.29, 1.82) is 0 Å². The van der Waals surface area contributed by atoms with Gasteiger partial charge in [-0.15, -0.1) is 0 Å². The first kappa shape index (κ1) is 15.8. The number of hydrogen-bond acceptors (Lipinski definition) is 6. The van der Waals surface area contributed by atoms with E-state index in [1.54, 1.807) is 7.11 Å². The van der Waals surface area contributed by atoms with Gasteiger partial charge in [0.05, 0.1) is 6.10 Å². The summed E-state index contributed by atoms with van der Waals surface area (Å²) in [4.78, 5) is 7.21. The largest absolute Gasteiger partial charge is 0.433 e. The zero-order valence-corrected chi connectivity index (χ0v) is 12.0. The minimum atomic E-state index is -4.56. The number of nitrogens with two attached hydrogens (primary N) is 1. The van der Waals surface area contributed by atoms with Crippen LogP contribution in [0.25, 0.3) is 0 Å². The van der Waals surface area contributed by atoms with Crippen molar-refractivity contribution in [1.82, 2.24) is 9.97 Å². The van der Waals surface area contributed by atoms with E-state index in [2.05, 4.69) is 15.3 Å². The molecule has 1 saturated carbocycles. The summed E-state index contributed by atoms with van der Waals surface area (Å²) in [6.45, 7) is 3.96. The van der Waals surface area contributed by atoms with Crippen LogP contribution in [0.15, 0.2) is 6.07 Å². The van der Waals surface area contributed by atoms with Gasteiger partial charge in [0.1, 0.15) is 5.82 Å². The number of nitrogen functional groups attached to an aromatic ring is 1. The molecule has 1 aromatic rings. The van der Waals surface area contributed by atoms with Gasteiger partial charge in [-0.1, -0.05) is 13.8 Å². The molecule has 0 saturated heterocycles. The molecular formula is C12H18F3N5O. The maximum absolute atomic E-state index is 12.8. The lowest BCUT2D eigenvalue weighted by atomic mass is 9.64. The van der Waals surface area contributed by atoms with Crippen LogP contribution in [0.4, 0.5) is 24.9 Å². The number of halogens is 3. The quantitative estimate of drug-likeness (QED) is 0.583. The topological polar surface area (TPSA) is 85.1 Å². The smallest absolute Gasteiger partial charge is 0.381 e. The molecule has 1 fully saturated rings. The standard InChI is InChI=1S/C12H18F3N5O/c1-11(2)6(4-8(11)21-3)17-9-5-7(12(13,14)15)18-10(19-9)20-16/h5-6,8H,4,16H2,1-3H3,(H2,17,18,19,20). The fourth-order valence-electron chi connectivity index (χ4n) is 2.44. The van der Waals surface area contributed by atoms with Gasteiger partial charge in [0.15, 0.2) is 5.69 Å². The highest BCUT2D eigenvalue weighted by Crippen LogP contribution is 2.44. The monoisotopic (exact) mass is 305 g/mol. The van der Waals surface area contributed by atoms with E-state index < -0.39 is 11.9 Å². The van der Waals surface area contributed by atoms with Crippen LogP contribution < -0.4 is 16.6 Å². The van der Waals surface area contributed by atoms with Crippen molar-refractivity contribution in [3.8, 4) is 0 Å². The van der Waals surface area contributed by atoms with Crippen LogP contribution in [0.5, 0.6) is 0 Å². The third kappa shape index (κ3) is 3.03. The molecule has 2 rings (SSSR count). The molecule has 2 unspecified atom stereocenters. The minimum Gasteiger partial charge on any atom is -0.381 e. The number of alkyl halides is 3. The number of hydrazine groups is 1. The van der Waals surface area contributed by atoms with Crippen LogP contribution in [0.3, 0.4) is 0 Å². The Hall–Kier alpha value is -1.61. The van der Waals surface area contributed by atoms with E-state index in [9.17, 15) is 13.2 Å². The number of ether oxygens (including phenoxy) is 1. The van der Waals surface area contributed by atoms with E-state index in [1.807, 2.05) is 19.3 Å². The van der Waals surface area contributed by atoms with E-state index in [0.717, 1.165) is 6.07 Å². The first-order valence-electron chi connectivity index (χ1n) is 6.40. The first-order chi connectivity index (χ1) is 9.68. The van der Waals surface area contributed by atoms with Crippen LogP contribution in [-0.2, 0) is 10.9 Å². The highest BCUT2D eigenvalue weighted by atomic mass is 19.4. The second kappa shape index (κ2) is 5.30. The van der Waals surface area contributed by atoms with E-state index >= 15 is 0 Å². The van der Waals surface area contributed by atoms with Crippen molar-refractivity contribution >= 4 is 11.8 Å². The summed E-state index contributed by atoms with van der Waals surface area (Å²) in [5.41, 5.74) is 0.795. The van der Waals surface area contributed by atoms with Crippen molar-refractivity contribution in [2.75, 3.05) is 17.9 Å². The summed E-state index contributed by atoms with van der Waals surface area (Å²) < 4.78 is 43.6. The molecule has 0 aliphatic heterocycles. The van der Waals surface area contributed by atoms with Crippen molar-refractivity contribution in [3.05, 3.63) is 11.8 Å². The van der Waals surface area contributed by atoms with Crippen LogP contribution in [0.1, 0.15) is 26.0 Å². The SMILES string of the molecule is COC1CC(Nc2cc(C(F)(F)F)nc(NN)n2)C1(C)C. The lowest BCUT2D eigenvalue weighted by Gasteiger charge is -2.51. The maximum atomic E-state index is 12.8. The fraction of sp³-hybridized carbons (Fsp3) is 0.667. The second-order valence-corrected chi connectivity index (χ2v) is 5.58. The maximum Gasteiger partial charge on any atom is 0.433 e. The third-order valence-corrected chi connectivity index (χ3v) is 3.93. The van der Waals surface area contributed by atoms with E-state index in [4.69, 9.17) is 10.6 Å². The lowest BCUT2D eigenvalue weighted by Crippen LogP contribution is -2.57. The average molecular weight is 305 g/mol. The van der Waals surface area contributed by atoms with Gasteiger partial charge in [0, 0.05) is 24.6 Å². The molecule has 9 heteroatoms. The summed E-state index contributed by atoms with van der Waals surface area (Å²) >= 11 is 0. The highest BCUT2D eigenvalue weighted by molar-refractivity contribution is 5.44. The zero-order valence-electron chi connectivity index (χ0n) is 12.0. The molecule has 4 N–H and O–H groups in total. The summed E-state index contributed by atoms with van der Waals surface area (Å²) in [6, 6.07) is 0.834. The Morgan fingerprint density at radius 3 is 2.52 bits per heavy atom. The van der Waals surface area contributed by atoms with E-state index in [1.165, 1.54) is 0 Å². The number of nitrogens with one attached hydrogen (secondary N) is 2. The highest BCUT2D eigenvalue weighted by Gasteiger charge is 2.48. The molecule has 1 aromatic heterocycles. The molecule has 0 spiro atoms. The molecule has 1 heterocycles. The first-order valence-corrected chi connectivity index (χ1v) is 6.40. The lowest BCUT2D eigenvalue weighted by molar-refractivity contribution is -0.141.